The van der Waals surface area contributed by atoms with E-state index in [1.54, 1.807) is 6.20 Å². The Morgan fingerprint density at radius 2 is 2.13 bits per heavy atom. The van der Waals surface area contributed by atoms with Crippen molar-refractivity contribution in [1.29, 1.82) is 0 Å². The molecule has 6 heteroatoms. The Morgan fingerprint density at radius 3 is 2.87 bits per heavy atom. The highest BCUT2D eigenvalue weighted by Gasteiger charge is 2.27. The molecule has 0 saturated carbocycles. The SMILES string of the molecule is Cc1cccc(CS(=O)(=O)NC2CCN(c3ccccn3)C2)c1. The van der Waals surface area contributed by atoms with Crippen molar-refractivity contribution in [3.63, 3.8) is 0 Å². The summed E-state index contributed by atoms with van der Waals surface area (Å²) in [5, 5.41) is 0. The predicted octanol–water partition coefficient (Wildman–Crippen LogP) is 2.09. The zero-order chi connectivity index (χ0) is 16.3. The summed E-state index contributed by atoms with van der Waals surface area (Å²) >= 11 is 0. The van der Waals surface area contributed by atoms with E-state index in [1.807, 2.05) is 49.4 Å². The summed E-state index contributed by atoms with van der Waals surface area (Å²) in [5.74, 6) is 0.919. The van der Waals surface area contributed by atoms with Crippen LogP contribution >= 0.6 is 0 Å². The van der Waals surface area contributed by atoms with E-state index in [1.165, 1.54) is 0 Å². The molecule has 5 nitrogen and oxygen atoms in total. The molecule has 0 aliphatic carbocycles. The third kappa shape index (κ3) is 4.30. The second kappa shape index (κ2) is 6.68. The van der Waals surface area contributed by atoms with Gasteiger partial charge >= 0.3 is 0 Å². The molecule has 1 N–H and O–H groups in total. The van der Waals surface area contributed by atoms with Gasteiger partial charge in [-0.05, 0) is 31.0 Å². The maximum atomic E-state index is 12.4. The van der Waals surface area contributed by atoms with Crippen molar-refractivity contribution in [3.05, 3.63) is 59.8 Å². The van der Waals surface area contributed by atoms with Gasteiger partial charge in [0.1, 0.15) is 5.82 Å². The van der Waals surface area contributed by atoms with Gasteiger partial charge in [0.25, 0.3) is 0 Å². The molecule has 1 fully saturated rings. The van der Waals surface area contributed by atoms with Gasteiger partial charge in [-0.15, -0.1) is 0 Å². The second-order valence-electron chi connectivity index (χ2n) is 5.99. The predicted molar refractivity (Wildman–Crippen MR) is 91.8 cm³/mol. The molecule has 1 aromatic heterocycles. The Morgan fingerprint density at radius 1 is 1.26 bits per heavy atom. The number of nitrogens with one attached hydrogen (secondary N) is 1. The first-order valence-corrected chi connectivity index (χ1v) is 9.39. The zero-order valence-corrected chi connectivity index (χ0v) is 14.0. The average molecular weight is 331 g/mol. The highest BCUT2D eigenvalue weighted by Crippen LogP contribution is 2.18. The van der Waals surface area contributed by atoms with Crippen LogP contribution in [-0.2, 0) is 15.8 Å². The van der Waals surface area contributed by atoms with Crippen molar-refractivity contribution < 1.29 is 8.42 Å². The topological polar surface area (TPSA) is 62.3 Å². The minimum atomic E-state index is -3.34. The van der Waals surface area contributed by atoms with Crippen LogP contribution in [0.4, 0.5) is 5.82 Å². The fourth-order valence-corrected chi connectivity index (χ4v) is 4.32. The van der Waals surface area contributed by atoms with E-state index in [2.05, 4.69) is 14.6 Å². The van der Waals surface area contributed by atoms with Crippen LogP contribution in [-0.4, -0.2) is 32.5 Å². The quantitative estimate of drug-likeness (QED) is 0.911. The Hall–Kier alpha value is -1.92. The summed E-state index contributed by atoms with van der Waals surface area (Å²) in [4.78, 5) is 6.43. The second-order valence-corrected chi connectivity index (χ2v) is 7.74. The number of hydrogen-bond acceptors (Lipinski definition) is 4. The number of aromatic nitrogens is 1. The van der Waals surface area contributed by atoms with E-state index in [9.17, 15) is 8.42 Å². The van der Waals surface area contributed by atoms with E-state index in [0.29, 0.717) is 6.54 Å². The normalized spacial score (nSPS) is 18.3. The van der Waals surface area contributed by atoms with E-state index in [-0.39, 0.29) is 11.8 Å². The lowest BCUT2D eigenvalue weighted by molar-refractivity contribution is 0.560. The Kier molecular flexibility index (Phi) is 4.63. The number of rotatable bonds is 5. The van der Waals surface area contributed by atoms with Gasteiger partial charge in [0, 0.05) is 25.3 Å². The number of hydrogen-bond donors (Lipinski definition) is 1. The third-order valence-electron chi connectivity index (χ3n) is 3.95. The Bertz CT molecular complexity index is 762. The van der Waals surface area contributed by atoms with Crippen LogP contribution in [0.2, 0.25) is 0 Å². The highest BCUT2D eigenvalue weighted by atomic mass is 32.2. The Labute approximate surface area is 137 Å². The van der Waals surface area contributed by atoms with Crippen molar-refractivity contribution in [2.45, 2.75) is 25.1 Å². The number of pyridine rings is 1. The third-order valence-corrected chi connectivity index (χ3v) is 5.35. The van der Waals surface area contributed by atoms with Crippen LogP contribution in [0.3, 0.4) is 0 Å². The van der Waals surface area contributed by atoms with Crippen LogP contribution in [0.15, 0.2) is 48.7 Å². The van der Waals surface area contributed by atoms with E-state index >= 15 is 0 Å². The fourth-order valence-electron chi connectivity index (χ4n) is 2.92. The fraction of sp³-hybridized carbons (Fsp3) is 0.353. The molecule has 1 aromatic carbocycles. The lowest BCUT2D eigenvalue weighted by Crippen LogP contribution is -2.37. The summed E-state index contributed by atoms with van der Waals surface area (Å²) in [6.07, 6.45) is 2.55. The van der Waals surface area contributed by atoms with Gasteiger partial charge in [-0.25, -0.2) is 18.1 Å². The summed E-state index contributed by atoms with van der Waals surface area (Å²) < 4.78 is 27.6. The average Bonchev–Trinajstić information content (AvgIpc) is 2.95. The van der Waals surface area contributed by atoms with Crippen LogP contribution < -0.4 is 9.62 Å². The molecule has 1 atom stereocenters. The summed E-state index contributed by atoms with van der Waals surface area (Å²) in [6, 6.07) is 13.3. The maximum Gasteiger partial charge on any atom is 0.216 e. The van der Waals surface area contributed by atoms with Crippen LogP contribution in [0.5, 0.6) is 0 Å². The number of sulfonamides is 1. The molecule has 2 heterocycles. The highest BCUT2D eigenvalue weighted by molar-refractivity contribution is 7.88. The van der Waals surface area contributed by atoms with Crippen molar-refractivity contribution in [3.8, 4) is 0 Å². The van der Waals surface area contributed by atoms with Crippen molar-refractivity contribution in [2.24, 2.45) is 0 Å². The largest absolute Gasteiger partial charge is 0.355 e. The Balaban J connectivity index is 1.61. The molecule has 1 unspecified atom stereocenters. The minimum absolute atomic E-state index is 0.0226. The summed E-state index contributed by atoms with van der Waals surface area (Å²) in [5.41, 5.74) is 1.89. The lowest BCUT2D eigenvalue weighted by Gasteiger charge is -2.17. The summed E-state index contributed by atoms with van der Waals surface area (Å²) in [6.45, 7) is 3.43. The maximum absolute atomic E-state index is 12.4. The number of nitrogens with zero attached hydrogens (tertiary/aromatic N) is 2. The van der Waals surface area contributed by atoms with Crippen molar-refractivity contribution in [2.75, 3.05) is 18.0 Å². The molecule has 2 aromatic rings. The molecule has 122 valence electrons. The van der Waals surface area contributed by atoms with Gasteiger partial charge in [-0.2, -0.15) is 0 Å². The smallest absolute Gasteiger partial charge is 0.216 e. The minimum Gasteiger partial charge on any atom is -0.355 e. The van der Waals surface area contributed by atoms with Gasteiger partial charge in [-0.1, -0.05) is 35.9 Å². The monoisotopic (exact) mass is 331 g/mol. The summed E-state index contributed by atoms with van der Waals surface area (Å²) in [7, 11) is -3.34. The molecule has 0 radical (unpaired) electrons. The number of anilines is 1. The van der Waals surface area contributed by atoms with Gasteiger partial charge in [0.05, 0.1) is 5.75 Å². The van der Waals surface area contributed by atoms with Crippen molar-refractivity contribution in [1.82, 2.24) is 9.71 Å². The number of benzene rings is 1. The molecular weight excluding hydrogens is 310 g/mol. The first-order valence-electron chi connectivity index (χ1n) is 7.73. The van der Waals surface area contributed by atoms with Crippen molar-refractivity contribution >= 4 is 15.8 Å². The molecule has 0 amide bonds. The molecule has 1 aliphatic rings. The molecule has 1 aliphatic heterocycles. The van der Waals surface area contributed by atoms with Gasteiger partial charge < -0.3 is 4.90 Å². The van der Waals surface area contributed by atoms with Crippen LogP contribution in [0.25, 0.3) is 0 Å². The molecule has 0 bridgehead atoms. The molecule has 1 saturated heterocycles. The molecule has 0 spiro atoms. The van der Waals surface area contributed by atoms with E-state index in [0.717, 1.165) is 29.9 Å². The van der Waals surface area contributed by atoms with Crippen LogP contribution in [0, 0.1) is 6.92 Å². The van der Waals surface area contributed by atoms with Gasteiger partial charge in [0.15, 0.2) is 0 Å². The molecule has 3 rings (SSSR count). The lowest BCUT2D eigenvalue weighted by atomic mass is 10.2. The standard InChI is InChI=1S/C17H21N3O2S/c1-14-5-4-6-15(11-14)13-23(21,22)19-16-8-10-20(12-16)17-7-2-3-9-18-17/h2-7,9,11,16,19H,8,10,12-13H2,1H3. The van der Waals surface area contributed by atoms with Gasteiger partial charge in [-0.3, -0.25) is 0 Å². The first-order chi connectivity index (χ1) is 11.0. The number of aryl methyl sites for hydroxylation is 1. The van der Waals surface area contributed by atoms with E-state index < -0.39 is 10.0 Å². The first kappa shape index (κ1) is 16.0. The van der Waals surface area contributed by atoms with Crippen LogP contribution in [0.1, 0.15) is 17.5 Å². The zero-order valence-electron chi connectivity index (χ0n) is 13.1. The molecular formula is C17H21N3O2S. The van der Waals surface area contributed by atoms with E-state index in [4.69, 9.17) is 0 Å². The van der Waals surface area contributed by atoms with Gasteiger partial charge in [0.2, 0.25) is 10.0 Å². The molecule has 23 heavy (non-hydrogen) atoms.